The van der Waals surface area contributed by atoms with Crippen LogP contribution in [0.25, 0.3) is 71.7 Å². The molecule has 0 aliphatic rings. The van der Waals surface area contributed by atoms with E-state index in [9.17, 15) is 0 Å². The molecule has 0 bridgehead atoms. The minimum Gasteiger partial charge on any atom is -0.310 e. The van der Waals surface area contributed by atoms with Gasteiger partial charge in [0.05, 0.1) is 22.1 Å². The second-order valence-corrected chi connectivity index (χ2v) is 11.4. The third-order valence-electron chi connectivity index (χ3n) is 8.85. The molecule has 2 heteroatoms. The van der Waals surface area contributed by atoms with E-state index in [1.165, 1.54) is 54.7 Å². The van der Waals surface area contributed by atoms with Crippen LogP contribution in [0.15, 0.2) is 170 Å². The predicted octanol–water partition coefficient (Wildman–Crippen LogP) is 11.7. The number of aromatic nitrogens is 2. The Hall–Kier alpha value is -5.86. The van der Waals surface area contributed by atoms with Crippen molar-refractivity contribution in [3.05, 3.63) is 176 Å². The maximum atomic E-state index is 4.33. The Labute approximate surface area is 263 Å². The van der Waals surface area contributed by atoms with Crippen molar-refractivity contribution in [3.63, 3.8) is 0 Å². The summed E-state index contributed by atoms with van der Waals surface area (Å²) in [6.45, 7) is 6.43. The van der Waals surface area contributed by atoms with Gasteiger partial charge in [-0.3, -0.25) is 0 Å². The number of allylic oxidation sites excluding steroid dienone is 5. The fourth-order valence-electron chi connectivity index (χ4n) is 6.75. The summed E-state index contributed by atoms with van der Waals surface area (Å²) in [6, 6.07) is 52.1. The average Bonchev–Trinajstić information content (AvgIpc) is 3.62. The number of hydrogen-bond acceptors (Lipinski definition) is 0. The lowest BCUT2D eigenvalue weighted by Crippen LogP contribution is -1.96. The molecule has 6 aromatic carbocycles. The van der Waals surface area contributed by atoms with Gasteiger partial charge in [-0.05, 0) is 66.1 Å². The molecule has 0 aliphatic heterocycles. The standard InChI is InChI=1S/C43H32N2/c1-3-33(27-25-30(2)31-15-6-4-7-16-31)44-40-23-12-11-20-37(40)39-29-32(26-28-42(39)44)35-21-14-22-38-36-19-10-13-24-41(36)45(43(35)38)34-17-8-5-9-18-34/h3-29H,2H2,1H3/b27-25-,33-3+. The highest BCUT2D eigenvalue weighted by Crippen LogP contribution is 2.40. The number of para-hydroxylation sites is 4. The van der Waals surface area contributed by atoms with Crippen LogP contribution in [0, 0.1) is 0 Å². The Kier molecular flexibility index (Phi) is 6.54. The Morgan fingerprint density at radius 1 is 0.556 bits per heavy atom. The zero-order valence-electron chi connectivity index (χ0n) is 25.2. The van der Waals surface area contributed by atoms with Crippen LogP contribution < -0.4 is 0 Å². The van der Waals surface area contributed by atoms with E-state index in [1.807, 2.05) is 6.07 Å². The molecule has 0 radical (unpaired) electrons. The van der Waals surface area contributed by atoms with E-state index in [-0.39, 0.29) is 0 Å². The average molecular weight is 577 g/mol. The van der Waals surface area contributed by atoms with Crippen molar-refractivity contribution in [2.75, 3.05) is 0 Å². The molecule has 0 N–H and O–H groups in total. The molecule has 0 spiro atoms. The van der Waals surface area contributed by atoms with Crippen LogP contribution >= 0.6 is 0 Å². The van der Waals surface area contributed by atoms with E-state index < -0.39 is 0 Å². The first-order valence-electron chi connectivity index (χ1n) is 15.4. The molecule has 0 atom stereocenters. The zero-order valence-corrected chi connectivity index (χ0v) is 25.2. The first-order chi connectivity index (χ1) is 22.2. The SMILES string of the molecule is C=C(/C=C\C(=C/C)n1c2ccccc2c2cc(-c3cccc4c5ccccc5n(-c5ccccc5)c34)ccc21)c1ccccc1. The van der Waals surface area contributed by atoms with Crippen molar-refractivity contribution in [2.24, 2.45) is 0 Å². The molecule has 0 unspecified atom stereocenters. The quantitative estimate of drug-likeness (QED) is 0.174. The van der Waals surface area contributed by atoms with Gasteiger partial charge >= 0.3 is 0 Å². The van der Waals surface area contributed by atoms with Gasteiger partial charge in [0.15, 0.2) is 0 Å². The highest BCUT2D eigenvalue weighted by molar-refractivity contribution is 6.16. The number of benzene rings is 6. The first kappa shape index (κ1) is 26.7. The molecule has 2 nitrogen and oxygen atoms in total. The van der Waals surface area contributed by atoms with Crippen LogP contribution in [0.4, 0.5) is 0 Å². The van der Waals surface area contributed by atoms with E-state index in [0.717, 1.165) is 22.5 Å². The van der Waals surface area contributed by atoms with E-state index in [1.54, 1.807) is 0 Å². The van der Waals surface area contributed by atoms with Crippen LogP contribution in [-0.4, -0.2) is 9.13 Å². The second-order valence-electron chi connectivity index (χ2n) is 11.4. The summed E-state index contributed by atoms with van der Waals surface area (Å²) in [7, 11) is 0. The lowest BCUT2D eigenvalue weighted by Gasteiger charge is -2.12. The van der Waals surface area contributed by atoms with E-state index in [4.69, 9.17) is 0 Å². The van der Waals surface area contributed by atoms with Crippen molar-refractivity contribution in [1.82, 2.24) is 9.13 Å². The minimum absolute atomic E-state index is 0.986. The number of rotatable bonds is 6. The molecule has 0 saturated carbocycles. The molecule has 8 rings (SSSR count). The molecular formula is C43H32N2. The fraction of sp³-hybridized carbons (Fsp3) is 0.0233. The van der Waals surface area contributed by atoms with Gasteiger partial charge in [-0.1, -0.05) is 128 Å². The maximum Gasteiger partial charge on any atom is 0.0619 e. The van der Waals surface area contributed by atoms with Gasteiger partial charge in [-0.2, -0.15) is 0 Å². The van der Waals surface area contributed by atoms with E-state index >= 15 is 0 Å². The van der Waals surface area contributed by atoms with Gasteiger partial charge in [0, 0.05) is 38.5 Å². The van der Waals surface area contributed by atoms with Gasteiger partial charge < -0.3 is 9.13 Å². The van der Waals surface area contributed by atoms with Gasteiger partial charge in [0.25, 0.3) is 0 Å². The fourth-order valence-corrected chi connectivity index (χ4v) is 6.75. The van der Waals surface area contributed by atoms with Crippen molar-refractivity contribution in [2.45, 2.75) is 6.92 Å². The molecule has 0 fully saturated rings. The third-order valence-corrected chi connectivity index (χ3v) is 8.85. The molecule has 214 valence electrons. The maximum absolute atomic E-state index is 4.33. The number of hydrogen-bond donors (Lipinski definition) is 0. The molecule has 0 aliphatic carbocycles. The number of fused-ring (bicyclic) bond motifs is 6. The Morgan fingerprint density at radius 3 is 1.93 bits per heavy atom. The van der Waals surface area contributed by atoms with Crippen LogP contribution in [0.1, 0.15) is 12.5 Å². The molecule has 45 heavy (non-hydrogen) atoms. The number of nitrogens with zero attached hydrogens (tertiary/aromatic N) is 2. The largest absolute Gasteiger partial charge is 0.310 e. The second kappa shape index (κ2) is 11.0. The Morgan fingerprint density at radius 2 is 1.18 bits per heavy atom. The smallest absolute Gasteiger partial charge is 0.0619 e. The van der Waals surface area contributed by atoms with Gasteiger partial charge in [0.1, 0.15) is 0 Å². The summed E-state index contributed by atoms with van der Waals surface area (Å²) in [5.74, 6) is 0. The van der Waals surface area contributed by atoms with Crippen LogP contribution in [0.2, 0.25) is 0 Å². The summed E-state index contributed by atoms with van der Waals surface area (Å²) in [5, 5.41) is 4.99. The monoisotopic (exact) mass is 576 g/mol. The summed E-state index contributed by atoms with van der Waals surface area (Å²) in [6.07, 6.45) is 6.46. The van der Waals surface area contributed by atoms with E-state index in [2.05, 4.69) is 180 Å². The molecule has 0 saturated heterocycles. The highest BCUT2D eigenvalue weighted by atomic mass is 15.0. The van der Waals surface area contributed by atoms with Crippen LogP contribution in [0.5, 0.6) is 0 Å². The van der Waals surface area contributed by atoms with Crippen LogP contribution in [0.3, 0.4) is 0 Å². The topological polar surface area (TPSA) is 9.86 Å². The summed E-state index contributed by atoms with van der Waals surface area (Å²) in [4.78, 5) is 0. The summed E-state index contributed by atoms with van der Waals surface area (Å²) in [5.41, 5.74) is 11.6. The molecular weight excluding hydrogens is 544 g/mol. The zero-order chi connectivity index (χ0) is 30.3. The molecule has 2 aromatic heterocycles. The predicted molar refractivity (Wildman–Crippen MR) is 194 cm³/mol. The van der Waals surface area contributed by atoms with Crippen molar-refractivity contribution in [1.29, 1.82) is 0 Å². The molecule has 0 amide bonds. The van der Waals surface area contributed by atoms with Crippen LogP contribution in [-0.2, 0) is 0 Å². The lowest BCUT2D eigenvalue weighted by atomic mass is 10.00. The van der Waals surface area contributed by atoms with Crippen molar-refractivity contribution >= 4 is 54.9 Å². The Balaban J connectivity index is 1.33. The summed E-state index contributed by atoms with van der Waals surface area (Å²) >= 11 is 0. The minimum atomic E-state index is 0.986. The molecule has 8 aromatic rings. The Bertz CT molecular complexity index is 2430. The van der Waals surface area contributed by atoms with Gasteiger partial charge in [0.2, 0.25) is 0 Å². The van der Waals surface area contributed by atoms with E-state index in [0.29, 0.717) is 0 Å². The van der Waals surface area contributed by atoms with Gasteiger partial charge in [-0.15, -0.1) is 0 Å². The highest BCUT2D eigenvalue weighted by Gasteiger charge is 2.18. The molecule has 2 heterocycles. The van der Waals surface area contributed by atoms with Gasteiger partial charge in [-0.25, -0.2) is 0 Å². The third kappa shape index (κ3) is 4.42. The first-order valence-corrected chi connectivity index (χ1v) is 15.4. The van der Waals surface area contributed by atoms with Crippen molar-refractivity contribution in [3.8, 4) is 16.8 Å². The summed E-state index contributed by atoms with van der Waals surface area (Å²) < 4.78 is 4.78. The normalized spacial score (nSPS) is 12.2. The van der Waals surface area contributed by atoms with Crippen molar-refractivity contribution < 1.29 is 0 Å². The lowest BCUT2D eigenvalue weighted by molar-refractivity contribution is 1.18.